The van der Waals surface area contributed by atoms with Crippen molar-refractivity contribution < 1.29 is 0 Å². The predicted molar refractivity (Wildman–Crippen MR) is 48.1 cm³/mol. The van der Waals surface area contributed by atoms with E-state index in [1.54, 1.807) is 0 Å². The quantitative estimate of drug-likeness (QED) is 0.723. The van der Waals surface area contributed by atoms with Crippen molar-refractivity contribution in [2.24, 2.45) is 0 Å². The minimum Gasteiger partial charge on any atom is -0.329 e. The molecule has 0 atom stereocenters. The molecule has 12 heavy (non-hydrogen) atoms. The second kappa shape index (κ2) is 3.27. The third-order valence-corrected chi connectivity index (χ3v) is 2.38. The molecule has 0 radical (unpaired) electrons. The number of hydrogen-bond donors (Lipinski definition) is 1. The van der Waals surface area contributed by atoms with Crippen molar-refractivity contribution in [3.05, 3.63) is 18.2 Å². The molecule has 0 spiro atoms. The molecule has 0 aromatic carbocycles. The summed E-state index contributed by atoms with van der Waals surface area (Å²) in [5.41, 5.74) is 0. The summed E-state index contributed by atoms with van der Waals surface area (Å²) in [5.74, 6) is 1.24. The summed E-state index contributed by atoms with van der Waals surface area (Å²) in [7, 11) is 0. The first kappa shape index (κ1) is 7.80. The zero-order chi connectivity index (χ0) is 8.39. The summed E-state index contributed by atoms with van der Waals surface area (Å²) in [6, 6.07) is 0.661. The number of aromatic nitrogens is 2. The van der Waals surface area contributed by atoms with Crippen LogP contribution in [-0.4, -0.2) is 22.6 Å². The highest BCUT2D eigenvalue weighted by molar-refractivity contribution is 4.98. The Labute approximate surface area is 72.8 Å². The fraction of sp³-hybridized carbons (Fsp3) is 0.667. The van der Waals surface area contributed by atoms with E-state index in [9.17, 15) is 0 Å². The molecular formula is C9H15N3. The minimum atomic E-state index is 0.661. The lowest BCUT2D eigenvalue weighted by molar-refractivity contribution is 0.335. The van der Waals surface area contributed by atoms with Gasteiger partial charge in [-0.25, -0.2) is 4.98 Å². The first-order valence-electron chi connectivity index (χ1n) is 4.64. The van der Waals surface area contributed by atoms with Gasteiger partial charge in [0.15, 0.2) is 0 Å². The van der Waals surface area contributed by atoms with Crippen LogP contribution < -0.4 is 5.32 Å². The third-order valence-electron chi connectivity index (χ3n) is 2.38. The zero-order valence-electron chi connectivity index (χ0n) is 7.45. The first-order valence-corrected chi connectivity index (χ1v) is 4.64. The maximum atomic E-state index is 4.34. The van der Waals surface area contributed by atoms with Crippen LogP contribution in [0.3, 0.4) is 0 Å². The monoisotopic (exact) mass is 165 g/mol. The average molecular weight is 165 g/mol. The summed E-state index contributed by atoms with van der Waals surface area (Å²) >= 11 is 0. The van der Waals surface area contributed by atoms with Gasteiger partial charge in [0.25, 0.3) is 0 Å². The smallest absolute Gasteiger partial charge is 0.108 e. The van der Waals surface area contributed by atoms with Gasteiger partial charge in [-0.2, -0.15) is 0 Å². The Hall–Kier alpha value is -0.830. The molecule has 2 rings (SSSR count). The topological polar surface area (TPSA) is 29.9 Å². The average Bonchev–Trinajstić information content (AvgIpc) is 2.35. The van der Waals surface area contributed by atoms with Crippen LogP contribution in [0.4, 0.5) is 0 Å². The molecule has 2 heterocycles. The standard InChI is InChI=1S/C9H15N3/c1-2-3-9-11-4-5-12(9)8-6-10-7-8/h4-5,8,10H,2-3,6-7H2,1H3. The summed E-state index contributed by atoms with van der Waals surface area (Å²) in [4.78, 5) is 4.34. The molecular weight excluding hydrogens is 150 g/mol. The highest BCUT2D eigenvalue weighted by atomic mass is 15.2. The van der Waals surface area contributed by atoms with E-state index in [4.69, 9.17) is 0 Å². The Kier molecular flexibility index (Phi) is 2.13. The molecule has 1 fully saturated rings. The van der Waals surface area contributed by atoms with Gasteiger partial charge in [-0.1, -0.05) is 6.92 Å². The molecule has 3 nitrogen and oxygen atoms in total. The molecule has 66 valence electrons. The third kappa shape index (κ3) is 1.25. The predicted octanol–water partition coefficient (Wildman–Crippen LogP) is 0.980. The van der Waals surface area contributed by atoms with Crippen LogP contribution in [0.25, 0.3) is 0 Å². The van der Waals surface area contributed by atoms with Crippen molar-refractivity contribution in [2.75, 3.05) is 13.1 Å². The Morgan fingerprint density at radius 1 is 1.67 bits per heavy atom. The second-order valence-electron chi connectivity index (χ2n) is 3.31. The molecule has 3 heteroatoms. The van der Waals surface area contributed by atoms with Crippen LogP contribution in [-0.2, 0) is 6.42 Å². The maximum absolute atomic E-state index is 4.34. The van der Waals surface area contributed by atoms with Crippen molar-refractivity contribution in [3.8, 4) is 0 Å². The van der Waals surface area contributed by atoms with E-state index in [0.29, 0.717) is 6.04 Å². The summed E-state index contributed by atoms with van der Waals surface area (Å²) < 4.78 is 2.31. The van der Waals surface area contributed by atoms with Crippen molar-refractivity contribution in [3.63, 3.8) is 0 Å². The molecule has 0 bridgehead atoms. The first-order chi connectivity index (χ1) is 5.92. The van der Waals surface area contributed by atoms with Gasteiger partial charge in [0, 0.05) is 31.9 Å². The van der Waals surface area contributed by atoms with Crippen molar-refractivity contribution in [1.29, 1.82) is 0 Å². The number of aryl methyl sites for hydroxylation is 1. The molecule has 1 aromatic heterocycles. The Bertz CT molecular complexity index is 250. The lowest BCUT2D eigenvalue weighted by Crippen LogP contribution is -2.43. The molecule has 1 aliphatic rings. The summed E-state index contributed by atoms with van der Waals surface area (Å²) in [6.45, 7) is 4.40. The molecule has 0 aliphatic carbocycles. The summed E-state index contributed by atoms with van der Waals surface area (Å²) in [6.07, 6.45) is 6.28. The van der Waals surface area contributed by atoms with E-state index in [0.717, 1.165) is 19.5 Å². The lowest BCUT2D eigenvalue weighted by Gasteiger charge is -2.29. The van der Waals surface area contributed by atoms with Gasteiger partial charge in [-0.3, -0.25) is 0 Å². The number of imidazole rings is 1. The van der Waals surface area contributed by atoms with Gasteiger partial charge in [-0.05, 0) is 6.42 Å². The van der Waals surface area contributed by atoms with Crippen LogP contribution >= 0.6 is 0 Å². The van der Waals surface area contributed by atoms with Gasteiger partial charge in [0.1, 0.15) is 5.82 Å². The van der Waals surface area contributed by atoms with E-state index in [1.807, 2.05) is 6.20 Å². The molecule has 1 saturated heterocycles. The maximum Gasteiger partial charge on any atom is 0.108 e. The Balaban J connectivity index is 2.12. The van der Waals surface area contributed by atoms with Gasteiger partial charge >= 0.3 is 0 Å². The number of nitrogens with zero attached hydrogens (tertiary/aromatic N) is 2. The van der Waals surface area contributed by atoms with Crippen LogP contribution in [0.5, 0.6) is 0 Å². The lowest BCUT2D eigenvalue weighted by atomic mass is 10.1. The van der Waals surface area contributed by atoms with Gasteiger partial charge in [0.05, 0.1) is 6.04 Å². The number of hydrogen-bond acceptors (Lipinski definition) is 2. The Morgan fingerprint density at radius 2 is 2.50 bits per heavy atom. The summed E-state index contributed by atoms with van der Waals surface area (Å²) in [5, 5.41) is 3.27. The van der Waals surface area contributed by atoms with Crippen molar-refractivity contribution in [1.82, 2.24) is 14.9 Å². The van der Waals surface area contributed by atoms with Gasteiger partial charge in [0.2, 0.25) is 0 Å². The molecule has 0 amide bonds. The highest BCUT2D eigenvalue weighted by Gasteiger charge is 2.20. The van der Waals surface area contributed by atoms with Crippen LogP contribution in [0.15, 0.2) is 12.4 Å². The zero-order valence-corrected chi connectivity index (χ0v) is 7.45. The van der Waals surface area contributed by atoms with Crippen LogP contribution in [0.1, 0.15) is 25.2 Å². The molecule has 1 aromatic rings. The minimum absolute atomic E-state index is 0.661. The molecule has 0 saturated carbocycles. The SMILES string of the molecule is CCCc1nccn1C1CNC1. The van der Waals surface area contributed by atoms with E-state index in [2.05, 4.69) is 28.0 Å². The molecule has 0 unspecified atom stereocenters. The van der Waals surface area contributed by atoms with Gasteiger partial charge < -0.3 is 9.88 Å². The van der Waals surface area contributed by atoms with Gasteiger partial charge in [-0.15, -0.1) is 0 Å². The molecule has 1 N–H and O–H groups in total. The van der Waals surface area contributed by atoms with Crippen molar-refractivity contribution >= 4 is 0 Å². The molecule has 1 aliphatic heterocycles. The second-order valence-corrected chi connectivity index (χ2v) is 3.31. The number of rotatable bonds is 3. The highest BCUT2D eigenvalue weighted by Crippen LogP contribution is 2.14. The Morgan fingerprint density at radius 3 is 3.08 bits per heavy atom. The fourth-order valence-electron chi connectivity index (χ4n) is 1.56. The normalized spacial score (nSPS) is 17.8. The van der Waals surface area contributed by atoms with Crippen LogP contribution in [0, 0.1) is 0 Å². The van der Waals surface area contributed by atoms with E-state index < -0.39 is 0 Å². The van der Waals surface area contributed by atoms with E-state index >= 15 is 0 Å². The fourth-order valence-corrected chi connectivity index (χ4v) is 1.56. The van der Waals surface area contributed by atoms with E-state index in [1.165, 1.54) is 12.2 Å². The largest absolute Gasteiger partial charge is 0.329 e. The van der Waals surface area contributed by atoms with Crippen LogP contribution in [0.2, 0.25) is 0 Å². The number of nitrogens with one attached hydrogen (secondary N) is 1. The van der Waals surface area contributed by atoms with Crippen molar-refractivity contribution in [2.45, 2.75) is 25.8 Å². The van der Waals surface area contributed by atoms with E-state index in [-0.39, 0.29) is 0 Å².